The Balaban J connectivity index is 1.61. The fourth-order valence-electron chi connectivity index (χ4n) is 4.02. The highest BCUT2D eigenvalue weighted by atomic mass is 16.2. The summed E-state index contributed by atoms with van der Waals surface area (Å²) in [6.07, 6.45) is 8.15. The molecule has 1 aliphatic heterocycles. The molecular formula is C21H27N7O. The number of carbonyl (C=O) groups is 1. The van der Waals surface area contributed by atoms with E-state index < -0.39 is 0 Å². The number of nitrogens with zero attached hydrogens (tertiary/aromatic N) is 7. The van der Waals surface area contributed by atoms with Crippen LogP contribution >= 0.6 is 0 Å². The van der Waals surface area contributed by atoms with Crippen LogP contribution in [-0.4, -0.2) is 56.2 Å². The van der Waals surface area contributed by atoms with Gasteiger partial charge in [0.2, 0.25) is 5.91 Å². The van der Waals surface area contributed by atoms with Crippen LogP contribution in [-0.2, 0) is 11.8 Å². The summed E-state index contributed by atoms with van der Waals surface area (Å²) < 4.78 is 1.71. The van der Waals surface area contributed by atoms with Crippen LogP contribution in [0.4, 0.5) is 5.82 Å². The Bertz CT molecular complexity index is 941. The molecule has 4 rings (SSSR count). The van der Waals surface area contributed by atoms with Crippen molar-refractivity contribution in [2.75, 3.05) is 24.5 Å². The van der Waals surface area contributed by atoms with Gasteiger partial charge in [0.15, 0.2) is 11.6 Å². The zero-order valence-electron chi connectivity index (χ0n) is 17.2. The van der Waals surface area contributed by atoms with E-state index in [1.807, 2.05) is 13.2 Å². The van der Waals surface area contributed by atoms with Crippen LogP contribution in [0.3, 0.4) is 0 Å². The number of aromatic nitrogens is 4. The van der Waals surface area contributed by atoms with E-state index in [9.17, 15) is 10.1 Å². The summed E-state index contributed by atoms with van der Waals surface area (Å²) in [5, 5.41) is 13.8. The lowest BCUT2D eigenvalue weighted by molar-refractivity contribution is -0.135. The van der Waals surface area contributed by atoms with Gasteiger partial charge in [0.05, 0.1) is 18.0 Å². The molecule has 8 nitrogen and oxygen atoms in total. The van der Waals surface area contributed by atoms with E-state index in [1.54, 1.807) is 17.1 Å². The average Bonchev–Trinajstić information content (AvgIpc) is 3.47. The predicted molar refractivity (Wildman–Crippen MR) is 109 cm³/mol. The van der Waals surface area contributed by atoms with Crippen molar-refractivity contribution in [1.29, 1.82) is 5.26 Å². The number of piperazine rings is 1. The fourth-order valence-corrected chi connectivity index (χ4v) is 4.02. The van der Waals surface area contributed by atoms with E-state index >= 15 is 0 Å². The van der Waals surface area contributed by atoms with Gasteiger partial charge in [0.1, 0.15) is 11.6 Å². The highest BCUT2D eigenvalue weighted by Gasteiger charge is 2.39. The van der Waals surface area contributed by atoms with Crippen LogP contribution in [0.5, 0.6) is 0 Å². The molecule has 0 N–H and O–H groups in total. The highest BCUT2D eigenvalue weighted by molar-refractivity contribution is 5.81. The molecule has 1 atom stereocenters. The van der Waals surface area contributed by atoms with Gasteiger partial charge in [-0.15, -0.1) is 0 Å². The lowest BCUT2D eigenvalue weighted by Crippen LogP contribution is -2.56. The minimum absolute atomic E-state index is 0.139. The lowest BCUT2D eigenvalue weighted by Gasteiger charge is -2.43. The molecule has 1 aliphatic carbocycles. The number of amides is 1. The van der Waals surface area contributed by atoms with E-state index in [1.165, 1.54) is 0 Å². The summed E-state index contributed by atoms with van der Waals surface area (Å²) in [6.45, 7) is 6.40. The second-order valence-corrected chi connectivity index (χ2v) is 8.48. The van der Waals surface area contributed by atoms with Crippen molar-refractivity contribution >= 4 is 11.7 Å². The molecule has 2 aliphatic rings. The minimum atomic E-state index is 0.139. The van der Waals surface area contributed by atoms with Crippen molar-refractivity contribution in [1.82, 2.24) is 24.6 Å². The summed E-state index contributed by atoms with van der Waals surface area (Å²) in [5.41, 5.74) is 1.28. The quantitative estimate of drug-likeness (QED) is 0.774. The predicted octanol–water partition coefficient (Wildman–Crippen LogP) is 2.22. The number of hydrogen-bond acceptors (Lipinski definition) is 6. The summed E-state index contributed by atoms with van der Waals surface area (Å²) in [6, 6.07) is 2.37. The molecule has 1 amide bonds. The van der Waals surface area contributed by atoms with Crippen molar-refractivity contribution in [2.45, 2.75) is 39.2 Å². The number of hydrogen-bond donors (Lipinski definition) is 0. The van der Waals surface area contributed by atoms with Crippen LogP contribution in [0.25, 0.3) is 11.4 Å². The molecule has 8 heteroatoms. The molecule has 1 saturated heterocycles. The minimum Gasteiger partial charge on any atom is -0.352 e. The molecule has 0 bridgehead atoms. The number of rotatable bonds is 5. The zero-order valence-corrected chi connectivity index (χ0v) is 17.2. The molecule has 2 aromatic rings. The molecule has 1 saturated carbocycles. The Kier molecular flexibility index (Phi) is 5.22. The summed E-state index contributed by atoms with van der Waals surface area (Å²) in [7, 11) is 1.85. The van der Waals surface area contributed by atoms with Gasteiger partial charge >= 0.3 is 0 Å². The monoisotopic (exact) mass is 393 g/mol. The van der Waals surface area contributed by atoms with Crippen molar-refractivity contribution in [3.8, 4) is 17.5 Å². The van der Waals surface area contributed by atoms with Gasteiger partial charge in [-0.3, -0.25) is 9.48 Å². The van der Waals surface area contributed by atoms with Gasteiger partial charge in [-0.2, -0.15) is 10.4 Å². The molecule has 2 fully saturated rings. The van der Waals surface area contributed by atoms with Gasteiger partial charge in [0.25, 0.3) is 0 Å². The van der Waals surface area contributed by atoms with Crippen LogP contribution in [0.1, 0.15) is 38.7 Å². The number of carbonyl (C=O) groups excluding carboxylic acids is 1. The first-order valence-electron chi connectivity index (χ1n) is 10.3. The molecular weight excluding hydrogens is 366 g/mol. The Morgan fingerprint density at radius 2 is 2.10 bits per heavy atom. The Morgan fingerprint density at radius 1 is 1.31 bits per heavy atom. The third kappa shape index (κ3) is 4.09. The smallest absolute Gasteiger partial charge is 0.226 e. The SMILES string of the molecule is CC(C)C[C@@H]1CN(c2nc(-c3cnn(C)c3)ncc2C#N)CCN1C(=O)C1CC1. The van der Waals surface area contributed by atoms with Crippen LogP contribution in [0.15, 0.2) is 18.6 Å². The topological polar surface area (TPSA) is 90.9 Å². The average molecular weight is 393 g/mol. The van der Waals surface area contributed by atoms with E-state index in [2.05, 4.69) is 39.8 Å². The number of nitriles is 1. The summed E-state index contributed by atoms with van der Waals surface area (Å²) in [4.78, 5) is 26.1. The van der Waals surface area contributed by atoms with Gasteiger partial charge in [-0.1, -0.05) is 13.8 Å². The maximum absolute atomic E-state index is 12.8. The number of anilines is 1. The Labute approximate surface area is 171 Å². The molecule has 3 heterocycles. The molecule has 2 aromatic heterocycles. The van der Waals surface area contributed by atoms with Crippen molar-refractivity contribution in [2.24, 2.45) is 18.9 Å². The lowest BCUT2D eigenvalue weighted by atomic mass is 9.99. The highest BCUT2D eigenvalue weighted by Crippen LogP contribution is 2.34. The van der Waals surface area contributed by atoms with Crippen LogP contribution < -0.4 is 4.90 Å². The third-order valence-corrected chi connectivity index (χ3v) is 5.59. The number of aryl methyl sites for hydroxylation is 1. The maximum atomic E-state index is 12.8. The molecule has 0 spiro atoms. The van der Waals surface area contributed by atoms with E-state index in [4.69, 9.17) is 4.98 Å². The van der Waals surface area contributed by atoms with Crippen molar-refractivity contribution in [3.05, 3.63) is 24.2 Å². The largest absolute Gasteiger partial charge is 0.352 e. The molecule has 0 aromatic carbocycles. The third-order valence-electron chi connectivity index (χ3n) is 5.59. The van der Waals surface area contributed by atoms with Crippen LogP contribution in [0, 0.1) is 23.2 Å². The molecule has 152 valence electrons. The first-order valence-corrected chi connectivity index (χ1v) is 10.3. The Morgan fingerprint density at radius 3 is 2.72 bits per heavy atom. The first kappa shape index (κ1) is 19.4. The normalized spacial score (nSPS) is 19.5. The summed E-state index contributed by atoms with van der Waals surface area (Å²) in [5.74, 6) is 2.22. The Hall–Kier alpha value is -2.95. The van der Waals surface area contributed by atoms with Crippen LogP contribution in [0.2, 0.25) is 0 Å². The molecule has 29 heavy (non-hydrogen) atoms. The van der Waals surface area contributed by atoms with Gasteiger partial charge in [-0.25, -0.2) is 9.97 Å². The van der Waals surface area contributed by atoms with Gasteiger partial charge < -0.3 is 9.80 Å². The standard InChI is InChI=1S/C21H27N7O/c1-14(2)8-18-13-27(6-7-28(18)21(29)15-4-5-15)20-16(9-22)10-23-19(25-20)17-11-24-26(3)12-17/h10-12,14-15,18H,4-8,13H2,1-3H3/t18-/m1/s1. The molecule has 0 unspecified atom stereocenters. The van der Waals surface area contributed by atoms with E-state index in [0.29, 0.717) is 48.7 Å². The zero-order chi connectivity index (χ0) is 20.5. The summed E-state index contributed by atoms with van der Waals surface area (Å²) >= 11 is 0. The van der Waals surface area contributed by atoms with Gasteiger partial charge in [-0.05, 0) is 25.2 Å². The van der Waals surface area contributed by atoms with E-state index in [-0.39, 0.29) is 12.0 Å². The second-order valence-electron chi connectivity index (χ2n) is 8.48. The van der Waals surface area contributed by atoms with E-state index in [0.717, 1.165) is 24.8 Å². The first-order chi connectivity index (χ1) is 14.0. The molecule has 0 radical (unpaired) electrons. The van der Waals surface area contributed by atoms with Gasteiger partial charge in [0, 0.05) is 44.8 Å². The second kappa shape index (κ2) is 7.82. The maximum Gasteiger partial charge on any atom is 0.226 e. The van der Waals surface area contributed by atoms with Crippen molar-refractivity contribution in [3.63, 3.8) is 0 Å². The van der Waals surface area contributed by atoms with Crippen molar-refractivity contribution < 1.29 is 4.79 Å². The fraction of sp³-hybridized carbons (Fsp3) is 0.571.